The minimum atomic E-state index is 0.471. The summed E-state index contributed by atoms with van der Waals surface area (Å²) in [6, 6.07) is 7.97. The predicted molar refractivity (Wildman–Crippen MR) is 43.4 cm³/mol. The van der Waals surface area contributed by atoms with Crippen molar-refractivity contribution in [3.63, 3.8) is 0 Å². The summed E-state index contributed by atoms with van der Waals surface area (Å²) in [5, 5.41) is 0. The third kappa shape index (κ3) is 1.73. The fraction of sp³-hybridized carbons (Fsp3) is 0. The number of hydrogen-bond donors (Lipinski definition) is 1. The van der Waals surface area contributed by atoms with Gasteiger partial charge in [-0.2, -0.15) is 0 Å². The number of para-hydroxylation sites is 1. The summed E-state index contributed by atoms with van der Waals surface area (Å²) in [6.07, 6.45) is 0. The Hall–Kier alpha value is 0.0590. The molecule has 0 aromatic heterocycles. The Morgan fingerprint density at radius 2 is 2.00 bits per heavy atom. The molecule has 3 heteroatoms. The molecule has 0 aliphatic heterocycles. The number of anilines is 1. The van der Waals surface area contributed by atoms with Crippen molar-refractivity contribution < 1.29 is 0 Å². The van der Waals surface area contributed by atoms with Gasteiger partial charge in [-0.05, 0) is 0 Å². The van der Waals surface area contributed by atoms with E-state index in [1.165, 1.54) is 4.46 Å². The Bertz CT molecular complexity index is 200. The molecular weight excluding hydrogens is 244 g/mol. The molecule has 0 aliphatic rings. The van der Waals surface area contributed by atoms with Crippen molar-refractivity contribution in [3.8, 4) is 0 Å². The van der Waals surface area contributed by atoms with E-state index in [0.29, 0.717) is 13.1 Å². The molecule has 0 saturated heterocycles. The van der Waals surface area contributed by atoms with Crippen LogP contribution in [0.25, 0.3) is 0 Å². The van der Waals surface area contributed by atoms with Crippen molar-refractivity contribution in [3.05, 3.63) is 24.3 Å². The van der Waals surface area contributed by atoms with E-state index in [-0.39, 0.29) is 0 Å². The molecule has 0 aliphatic carbocycles. The topological polar surface area (TPSA) is 26.0 Å². The van der Waals surface area contributed by atoms with Crippen LogP contribution in [0.15, 0.2) is 24.3 Å². The van der Waals surface area contributed by atoms with Gasteiger partial charge in [-0.15, -0.1) is 0 Å². The molecule has 2 N–H and O–H groups in total. The molecule has 48 valence electrons. The molecule has 0 radical (unpaired) electrons. The molecule has 0 saturated carbocycles. The zero-order valence-electron chi connectivity index (χ0n) is 4.74. The average molecular weight is 251 g/mol. The van der Waals surface area contributed by atoms with Crippen molar-refractivity contribution >= 4 is 37.5 Å². The Kier molecular flexibility index (Phi) is 2.62. The van der Waals surface area contributed by atoms with Crippen LogP contribution in [0.4, 0.5) is 5.69 Å². The molecule has 9 heavy (non-hydrogen) atoms. The molecule has 1 aromatic carbocycles. The van der Waals surface area contributed by atoms with Crippen LogP contribution in [0, 0.1) is 0 Å². The van der Waals surface area contributed by atoms with Crippen LogP contribution in [-0.4, -0.2) is 27.3 Å². The van der Waals surface area contributed by atoms with Crippen LogP contribution in [0.3, 0.4) is 0 Å². The van der Waals surface area contributed by atoms with E-state index in [0.717, 1.165) is 5.69 Å². The van der Waals surface area contributed by atoms with Crippen LogP contribution >= 0.6 is 0 Å². The fourth-order valence-electron chi connectivity index (χ4n) is 0.564. The number of nitrogen functional groups attached to an aromatic ring is 1. The molecule has 0 heterocycles. The first-order chi connectivity index (χ1) is 4.34. The van der Waals surface area contributed by atoms with E-state index in [1.807, 2.05) is 18.2 Å². The molecule has 1 aromatic rings. The van der Waals surface area contributed by atoms with Gasteiger partial charge in [-0.25, -0.2) is 0 Å². The second-order valence-corrected chi connectivity index (χ2v) is 4.93. The van der Waals surface area contributed by atoms with Crippen LogP contribution in [-0.2, 0) is 0 Å². The normalized spacial score (nSPS) is 9.44. The van der Waals surface area contributed by atoms with Gasteiger partial charge in [0.25, 0.3) is 0 Å². The van der Waals surface area contributed by atoms with E-state index in [1.54, 1.807) is 0 Å². The minimum absolute atomic E-state index is 0.471. The van der Waals surface area contributed by atoms with Gasteiger partial charge in [0.1, 0.15) is 0 Å². The number of rotatable bonds is 1. The predicted octanol–water partition coefficient (Wildman–Crippen LogP) is -0.586. The SMILES string of the molecule is Nc1ccccc1[Se][SeH]. The first kappa shape index (κ1) is 7.17. The van der Waals surface area contributed by atoms with Gasteiger partial charge in [0.05, 0.1) is 0 Å². The molecule has 1 nitrogen and oxygen atoms in total. The number of benzene rings is 1. The zero-order valence-corrected chi connectivity index (χ0v) is 8.33. The molecule has 0 unspecified atom stereocenters. The van der Waals surface area contributed by atoms with E-state index in [4.69, 9.17) is 5.73 Å². The summed E-state index contributed by atoms with van der Waals surface area (Å²) >= 11 is 3.04. The maximum atomic E-state index is 5.64. The van der Waals surface area contributed by atoms with Gasteiger partial charge >= 0.3 is 67.5 Å². The summed E-state index contributed by atoms with van der Waals surface area (Å²) in [4.78, 5) is 0. The quantitative estimate of drug-likeness (QED) is 0.524. The second kappa shape index (κ2) is 3.28. The van der Waals surface area contributed by atoms with Crippen molar-refractivity contribution in [2.75, 3.05) is 5.73 Å². The Labute approximate surface area is 67.5 Å². The van der Waals surface area contributed by atoms with Crippen molar-refractivity contribution in [1.82, 2.24) is 0 Å². The summed E-state index contributed by atoms with van der Waals surface area (Å²) < 4.78 is 1.27. The van der Waals surface area contributed by atoms with Gasteiger partial charge in [-0.1, -0.05) is 0 Å². The molecule has 0 bridgehead atoms. The van der Waals surface area contributed by atoms with Crippen LogP contribution < -0.4 is 10.2 Å². The van der Waals surface area contributed by atoms with E-state index in [9.17, 15) is 0 Å². The second-order valence-electron chi connectivity index (χ2n) is 1.63. The first-order valence-corrected chi connectivity index (χ1v) is 8.11. The standard InChI is InChI=1S/C6H7NSe2/c7-5-3-1-2-4-6(5)9-8/h1-4,8H,7H2. The monoisotopic (exact) mass is 253 g/mol. The Balaban J connectivity index is 3.01. The van der Waals surface area contributed by atoms with Gasteiger partial charge in [0.2, 0.25) is 0 Å². The van der Waals surface area contributed by atoms with Gasteiger partial charge in [-0.3, -0.25) is 0 Å². The molecule has 0 spiro atoms. The van der Waals surface area contributed by atoms with Crippen molar-refractivity contribution in [1.29, 1.82) is 0 Å². The fourth-order valence-corrected chi connectivity index (χ4v) is 3.03. The maximum absolute atomic E-state index is 5.64. The molecule has 0 atom stereocenters. The number of nitrogens with two attached hydrogens (primary N) is 1. The van der Waals surface area contributed by atoms with Crippen molar-refractivity contribution in [2.24, 2.45) is 0 Å². The summed E-state index contributed by atoms with van der Waals surface area (Å²) in [6.45, 7) is 0. The Morgan fingerprint density at radius 1 is 1.33 bits per heavy atom. The van der Waals surface area contributed by atoms with Gasteiger partial charge < -0.3 is 0 Å². The Morgan fingerprint density at radius 3 is 2.44 bits per heavy atom. The first-order valence-electron chi connectivity index (χ1n) is 2.50. The third-order valence-electron chi connectivity index (χ3n) is 1.02. The summed E-state index contributed by atoms with van der Waals surface area (Å²) in [5.74, 6) is 0. The third-order valence-corrected chi connectivity index (χ3v) is 4.35. The van der Waals surface area contributed by atoms with Crippen LogP contribution in [0.5, 0.6) is 0 Å². The van der Waals surface area contributed by atoms with E-state index >= 15 is 0 Å². The average Bonchev–Trinajstić information content (AvgIpc) is 1.89. The molecule has 1 rings (SSSR count). The van der Waals surface area contributed by atoms with E-state index < -0.39 is 0 Å². The van der Waals surface area contributed by atoms with Crippen LogP contribution in [0.1, 0.15) is 0 Å². The van der Waals surface area contributed by atoms with E-state index in [2.05, 4.69) is 20.3 Å². The van der Waals surface area contributed by atoms with Gasteiger partial charge in [0.15, 0.2) is 0 Å². The van der Waals surface area contributed by atoms with Crippen LogP contribution in [0.2, 0.25) is 0 Å². The molecular formula is C6H7NSe2. The summed E-state index contributed by atoms with van der Waals surface area (Å²) in [7, 11) is 0. The summed E-state index contributed by atoms with van der Waals surface area (Å²) in [5.41, 5.74) is 6.55. The molecule has 0 amide bonds. The number of hydrogen-bond acceptors (Lipinski definition) is 1. The van der Waals surface area contributed by atoms with Gasteiger partial charge in [0, 0.05) is 0 Å². The van der Waals surface area contributed by atoms with Crippen molar-refractivity contribution in [2.45, 2.75) is 0 Å². The zero-order chi connectivity index (χ0) is 6.69. The molecule has 0 fully saturated rings.